The minimum absolute atomic E-state index is 0.104. The average molecular weight is 398 g/mol. The van der Waals surface area contributed by atoms with E-state index in [4.69, 9.17) is 19.2 Å². The number of nitrogens with zero attached hydrogens (tertiary/aromatic N) is 2. The molecule has 1 aliphatic rings. The van der Waals surface area contributed by atoms with E-state index in [9.17, 15) is 4.79 Å². The molecule has 0 aliphatic carbocycles. The van der Waals surface area contributed by atoms with Crippen LogP contribution >= 0.6 is 11.8 Å². The molecule has 146 valence electrons. The zero-order valence-electron chi connectivity index (χ0n) is 15.9. The van der Waals surface area contributed by atoms with Crippen LogP contribution in [-0.4, -0.2) is 42.2 Å². The van der Waals surface area contributed by atoms with E-state index in [1.54, 1.807) is 48.7 Å². The first kappa shape index (κ1) is 18.8. The van der Waals surface area contributed by atoms with Gasteiger partial charge in [0.25, 0.3) is 5.56 Å². The molecule has 0 bridgehead atoms. The molecule has 7 heteroatoms. The minimum Gasteiger partial charge on any atom is -0.493 e. The molecule has 0 unspecified atom stereocenters. The Balaban J connectivity index is 1.83. The van der Waals surface area contributed by atoms with Crippen molar-refractivity contribution >= 4 is 22.7 Å². The molecule has 0 spiro atoms. The monoisotopic (exact) mass is 398 g/mol. The van der Waals surface area contributed by atoms with E-state index in [0.29, 0.717) is 33.2 Å². The summed E-state index contributed by atoms with van der Waals surface area (Å²) in [5.41, 5.74) is 1.28. The largest absolute Gasteiger partial charge is 0.493 e. The van der Waals surface area contributed by atoms with Gasteiger partial charge in [0.1, 0.15) is 0 Å². The summed E-state index contributed by atoms with van der Waals surface area (Å²) in [5, 5.41) is 1.23. The van der Waals surface area contributed by atoms with Crippen LogP contribution in [0.5, 0.6) is 11.5 Å². The summed E-state index contributed by atoms with van der Waals surface area (Å²) in [5.74, 6) is 1.94. The maximum absolute atomic E-state index is 13.3. The number of hydrogen-bond donors (Lipinski definition) is 0. The first-order chi connectivity index (χ1) is 13.7. The maximum atomic E-state index is 13.3. The lowest BCUT2D eigenvalue weighted by atomic mass is 10.2. The summed E-state index contributed by atoms with van der Waals surface area (Å²) in [6.07, 6.45) is 2.33. The van der Waals surface area contributed by atoms with E-state index >= 15 is 0 Å². The van der Waals surface area contributed by atoms with Gasteiger partial charge >= 0.3 is 0 Å². The SMILES string of the molecule is COc1ccc(-n2c(SC[C@@H]3CCCO3)nc3ccccc3c2=O)cc1OC. The van der Waals surface area contributed by atoms with Crippen LogP contribution in [0.3, 0.4) is 0 Å². The number of thioether (sulfide) groups is 1. The lowest BCUT2D eigenvalue weighted by molar-refractivity contribution is 0.129. The minimum atomic E-state index is -0.104. The summed E-state index contributed by atoms with van der Waals surface area (Å²) in [4.78, 5) is 18.1. The normalized spacial score (nSPS) is 16.4. The first-order valence-electron chi connectivity index (χ1n) is 9.20. The zero-order chi connectivity index (χ0) is 19.5. The number of rotatable bonds is 6. The van der Waals surface area contributed by atoms with E-state index in [0.717, 1.165) is 25.2 Å². The van der Waals surface area contributed by atoms with Crippen LogP contribution in [0.25, 0.3) is 16.6 Å². The van der Waals surface area contributed by atoms with E-state index in [2.05, 4.69) is 0 Å². The van der Waals surface area contributed by atoms with Gasteiger partial charge in [-0.1, -0.05) is 23.9 Å². The van der Waals surface area contributed by atoms with Gasteiger partial charge in [0.15, 0.2) is 16.7 Å². The Hall–Kier alpha value is -2.51. The van der Waals surface area contributed by atoms with Crippen molar-refractivity contribution in [3.05, 3.63) is 52.8 Å². The van der Waals surface area contributed by atoms with E-state index in [1.165, 1.54) is 0 Å². The van der Waals surface area contributed by atoms with E-state index in [-0.39, 0.29) is 11.7 Å². The van der Waals surface area contributed by atoms with Crippen LogP contribution in [0.15, 0.2) is 52.4 Å². The van der Waals surface area contributed by atoms with Crippen LogP contribution in [0.1, 0.15) is 12.8 Å². The third-order valence-corrected chi connectivity index (χ3v) is 5.86. The molecule has 0 amide bonds. The van der Waals surface area contributed by atoms with E-state index < -0.39 is 0 Å². The third-order valence-electron chi connectivity index (χ3n) is 4.79. The molecule has 0 saturated carbocycles. The smallest absolute Gasteiger partial charge is 0.266 e. The highest BCUT2D eigenvalue weighted by Gasteiger charge is 2.19. The predicted molar refractivity (Wildman–Crippen MR) is 110 cm³/mol. The molecule has 2 heterocycles. The Morgan fingerprint density at radius 3 is 2.75 bits per heavy atom. The first-order valence-corrected chi connectivity index (χ1v) is 10.2. The second-order valence-electron chi connectivity index (χ2n) is 6.54. The molecule has 3 aromatic rings. The topological polar surface area (TPSA) is 62.6 Å². The Kier molecular flexibility index (Phi) is 5.54. The van der Waals surface area contributed by atoms with Crippen LogP contribution in [0.4, 0.5) is 0 Å². The predicted octanol–water partition coefficient (Wildman–Crippen LogP) is 3.67. The van der Waals surface area contributed by atoms with Crippen molar-refractivity contribution in [3.63, 3.8) is 0 Å². The van der Waals surface area contributed by atoms with E-state index in [1.807, 2.05) is 24.3 Å². The highest BCUT2D eigenvalue weighted by Crippen LogP contribution is 2.31. The van der Waals surface area contributed by atoms with Gasteiger partial charge in [-0.05, 0) is 37.1 Å². The summed E-state index contributed by atoms with van der Waals surface area (Å²) in [7, 11) is 3.17. The van der Waals surface area contributed by atoms with Gasteiger partial charge in [0, 0.05) is 18.4 Å². The van der Waals surface area contributed by atoms with Crippen molar-refractivity contribution in [1.29, 1.82) is 0 Å². The summed E-state index contributed by atoms with van der Waals surface area (Å²) >= 11 is 1.55. The highest BCUT2D eigenvalue weighted by molar-refractivity contribution is 7.99. The lowest BCUT2D eigenvalue weighted by Crippen LogP contribution is -2.22. The molecule has 6 nitrogen and oxygen atoms in total. The number of hydrogen-bond acceptors (Lipinski definition) is 6. The fourth-order valence-electron chi connectivity index (χ4n) is 3.34. The van der Waals surface area contributed by atoms with Crippen LogP contribution in [-0.2, 0) is 4.74 Å². The van der Waals surface area contributed by atoms with Gasteiger partial charge < -0.3 is 14.2 Å². The van der Waals surface area contributed by atoms with Gasteiger partial charge in [-0.3, -0.25) is 9.36 Å². The molecule has 1 fully saturated rings. The fraction of sp³-hybridized carbons (Fsp3) is 0.333. The number of para-hydroxylation sites is 1. The van der Waals surface area contributed by atoms with Crippen molar-refractivity contribution in [2.45, 2.75) is 24.1 Å². The van der Waals surface area contributed by atoms with Crippen molar-refractivity contribution < 1.29 is 14.2 Å². The van der Waals surface area contributed by atoms with Crippen molar-refractivity contribution in [3.8, 4) is 17.2 Å². The lowest BCUT2D eigenvalue weighted by Gasteiger charge is -2.16. The Labute approximate surface area is 167 Å². The van der Waals surface area contributed by atoms with Gasteiger partial charge in [-0.15, -0.1) is 0 Å². The standard InChI is InChI=1S/C21H22N2O4S/c1-25-18-10-9-14(12-19(18)26-2)23-20(24)16-7-3-4-8-17(16)22-21(23)28-13-15-6-5-11-27-15/h3-4,7-10,12,15H,5-6,11,13H2,1-2H3/t15-/m0/s1. The van der Waals surface area contributed by atoms with Gasteiger partial charge in [-0.25, -0.2) is 4.98 Å². The Morgan fingerprint density at radius 2 is 2.00 bits per heavy atom. The molecule has 0 N–H and O–H groups in total. The van der Waals surface area contributed by atoms with Gasteiger partial charge in [0.2, 0.25) is 0 Å². The Bertz CT molecular complexity index is 1040. The second-order valence-corrected chi connectivity index (χ2v) is 7.52. The quantitative estimate of drug-likeness (QED) is 0.466. The molecule has 1 aliphatic heterocycles. The summed E-state index contributed by atoms with van der Waals surface area (Å²) < 4.78 is 18.1. The average Bonchev–Trinajstić information content (AvgIpc) is 3.25. The zero-order valence-corrected chi connectivity index (χ0v) is 16.7. The fourth-order valence-corrected chi connectivity index (χ4v) is 4.42. The summed E-state index contributed by atoms with van der Waals surface area (Å²) in [6.45, 7) is 0.804. The van der Waals surface area contributed by atoms with Crippen LogP contribution < -0.4 is 15.0 Å². The summed E-state index contributed by atoms with van der Waals surface area (Å²) in [6, 6.07) is 12.8. The molecule has 4 rings (SSSR count). The van der Waals surface area contributed by atoms with Gasteiger partial charge in [0.05, 0.1) is 36.9 Å². The van der Waals surface area contributed by atoms with Gasteiger partial charge in [-0.2, -0.15) is 0 Å². The number of methoxy groups -OCH3 is 2. The van der Waals surface area contributed by atoms with Crippen molar-refractivity contribution in [2.75, 3.05) is 26.6 Å². The Morgan fingerprint density at radius 1 is 1.18 bits per heavy atom. The molecule has 0 radical (unpaired) electrons. The number of aromatic nitrogens is 2. The molecule has 1 saturated heterocycles. The third kappa shape index (κ3) is 3.59. The van der Waals surface area contributed by atoms with Crippen LogP contribution in [0.2, 0.25) is 0 Å². The molecule has 1 atom stereocenters. The second kappa shape index (κ2) is 8.24. The maximum Gasteiger partial charge on any atom is 0.266 e. The molecule has 28 heavy (non-hydrogen) atoms. The number of benzene rings is 2. The van der Waals surface area contributed by atoms with Crippen molar-refractivity contribution in [2.24, 2.45) is 0 Å². The molecule has 2 aromatic carbocycles. The number of ether oxygens (including phenoxy) is 3. The van der Waals surface area contributed by atoms with Crippen LogP contribution in [0, 0.1) is 0 Å². The number of fused-ring (bicyclic) bond motifs is 1. The van der Waals surface area contributed by atoms with Crippen molar-refractivity contribution in [1.82, 2.24) is 9.55 Å². The molecular formula is C21H22N2O4S. The molecular weight excluding hydrogens is 376 g/mol. The highest BCUT2D eigenvalue weighted by atomic mass is 32.2. The molecule has 1 aromatic heterocycles.